The van der Waals surface area contributed by atoms with Gasteiger partial charge in [-0.1, -0.05) is 20.8 Å². The van der Waals surface area contributed by atoms with Gasteiger partial charge in [0.15, 0.2) is 0 Å². The van der Waals surface area contributed by atoms with Crippen molar-refractivity contribution in [2.75, 3.05) is 46.3 Å². The first-order chi connectivity index (χ1) is 15.1. The molecule has 31 heavy (non-hydrogen) atoms. The molecule has 2 aliphatic rings. The quantitative estimate of drug-likeness (QED) is 0.753. The second-order valence-electron chi connectivity index (χ2n) is 8.31. The molecule has 2 saturated heterocycles. The van der Waals surface area contributed by atoms with E-state index in [-0.39, 0.29) is 17.7 Å². The number of carbonyl (C=O) groups excluding carboxylic acids is 2. The van der Waals surface area contributed by atoms with E-state index in [1.165, 1.54) is 5.56 Å². The van der Waals surface area contributed by atoms with Crippen LogP contribution < -0.4 is 0 Å². The Bertz CT molecular complexity index is 877. The molecule has 0 bridgehead atoms. The molecule has 2 aromatic heterocycles. The minimum absolute atomic E-state index is 0.0626. The van der Waals surface area contributed by atoms with Gasteiger partial charge in [-0.15, -0.1) is 0 Å². The van der Waals surface area contributed by atoms with Gasteiger partial charge < -0.3 is 19.3 Å². The molecular weight excluding hydrogens is 390 g/mol. The van der Waals surface area contributed by atoms with Crippen LogP contribution >= 0.6 is 0 Å². The standard InChI is InChI=1S/C22H31N5O2.C2H6/c1-3-17-15-27(20-4-7-23-14-19(17)20)16-21(28)25-8-5-18(6-9-25)22(29)26-12-10-24(2)11-13-26;1-2/h4,7,14-15,18H,3,5-6,8-13,16H2,1-2H3;1-2H3. The highest BCUT2D eigenvalue weighted by Gasteiger charge is 2.31. The van der Waals surface area contributed by atoms with Crippen LogP contribution in [0.5, 0.6) is 0 Å². The average Bonchev–Trinajstić information content (AvgIpc) is 3.18. The monoisotopic (exact) mass is 427 g/mol. The van der Waals surface area contributed by atoms with E-state index >= 15 is 0 Å². The van der Waals surface area contributed by atoms with Crippen LogP contribution in [0.2, 0.25) is 0 Å². The fourth-order valence-electron chi connectivity index (χ4n) is 4.53. The molecule has 7 heteroatoms. The smallest absolute Gasteiger partial charge is 0.242 e. The van der Waals surface area contributed by atoms with Gasteiger partial charge in [0, 0.05) is 69.2 Å². The third kappa shape index (κ3) is 5.26. The number of hydrogen-bond donors (Lipinski definition) is 0. The summed E-state index contributed by atoms with van der Waals surface area (Å²) < 4.78 is 2.04. The second-order valence-corrected chi connectivity index (χ2v) is 8.31. The summed E-state index contributed by atoms with van der Waals surface area (Å²) in [5, 5.41) is 1.12. The SMILES string of the molecule is CC.CCc1cn(CC(=O)N2CCC(C(=O)N3CCN(C)CC3)CC2)c2ccncc12. The molecular formula is C24H37N5O2. The molecule has 170 valence electrons. The molecule has 0 saturated carbocycles. The van der Waals surface area contributed by atoms with Crippen LogP contribution in [-0.2, 0) is 22.6 Å². The third-order valence-electron chi connectivity index (χ3n) is 6.46. The summed E-state index contributed by atoms with van der Waals surface area (Å²) in [5.41, 5.74) is 2.28. The molecule has 2 fully saturated rings. The Morgan fingerprint density at radius 3 is 2.35 bits per heavy atom. The molecule has 2 aliphatic heterocycles. The van der Waals surface area contributed by atoms with Crippen molar-refractivity contribution in [2.24, 2.45) is 5.92 Å². The Hall–Kier alpha value is -2.41. The van der Waals surface area contributed by atoms with Gasteiger partial charge in [-0.25, -0.2) is 0 Å². The van der Waals surface area contributed by atoms with E-state index in [0.717, 1.165) is 56.3 Å². The van der Waals surface area contributed by atoms with Crippen LogP contribution in [0.1, 0.15) is 39.2 Å². The number of fused-ring (bicyclic) bond motifs is 1. The highest BCUT2D eigenvalue weighted by atomic mass is 16.2. The maximum Gasteiger partial charge on any atom is 0.242 e. The number of rotatable bonds is 4. The minimum Gasteiger partial charge on any atom is -0.341 e. The zero-order valence-electron chi connectivity index (χ0n) is 19.5. The molecule has 4 heterocycles. The van der Waals surface area contributed by atoms with Crippen LogP contribution in [0.3, 0.4) is 0 Å². The van der Waals surface area contributed by atoms with Gasteiger partial charge in [0.05, 0.1) is 5.52 Å². The Balaban J connectivity index is 0.00000132. The largest absolute Gasteiger partial charge is 0.341 e. The Morgan fingerprint density at radius 2 is 1.71 bits per heavy atom. The number of aromatic nitrogens is 2. The highest BCUT2D eigenvalue weighted by Crippen LogP contribution is 2.23. The number of piperazine rings is 1. The predicted molar refractivity (Wildman–Crippen MR) is 124 cm³/mol. The van der Waals surface area contributed by atoms with Crippen molar-refractivity contribution in [1.29, 1.82) is 0 Å². The van der Waals surface area contributed by atoms with Gasteiger partial charge in [-0.2, -0.15) is 0 Å². The van der Waals surface area contributed by atoms with Crippen molar-refractivity contribution in [3.8, 4) is 0 Å². The fraction of sp³-hybridized carbons (Fsp3) is 0.625. The topological polar surface area (TPSA) is 61.7 Å². The highest BCUT2D eigenvalue weighted by molar-refractivity contribution is 5.85. The van der Waals surface area contributed by atoms with Crippen LogP contribution in [-0.4, -0.2) is 82.4 Å². The number of carbonyl (C=O) groups is 2. The van der Waals surface area contributed by atoms with Crippen LogP contribution in [0.25, 0.3) is 10.9 Å². The summed E-state index contributed by atoms with van der Waals surface area (Å²) >= 11 is 0. The lowest BCUT2D eigenvalue weighted by molar-refractivity contribution is -0.142. The van der Waals surface area contributed by atoms with Gasteiger partial charge in [0.1, 0.15) is 6.54 Å². The number of pyridine rings is 1. The van der Waals surface area contributed by atoms with Crippen LogP contribution in [0.15, 0.2) is 24.7 Å². The zero-order valence-corrected chi connectivity index (χ0v) is 19.5. The Morgan fingerprint density at radius 1 is 1.03 bits per heavy atom. The first-order valence-corrected chi connectivity index (χ1v) is 11.7. The lowest BCUT2D eigenvalue weighted by Gasteiger charge is -2.37. The number of hydrogen-bond acceptors (Lipinski definition) is 4. The van der Waals surface area contributed by atoms with Crippen molar-refractivity contribution in [2.45, 2.75) is 46.6 Å². The van der Waals surface area contributed by atoms with E-state index in [1.54, 1.807) is 6.20 Å². The van der Waals surface area contributed by atoms with E-state index in [4.69, 9.17) is 0 Å². The summed E-state index contributed by atoms with van der Waals surface area (Å²) in [6.07, 6.45) is 8.20. The van der Waals surface area contributed by atoms with Crippen molar-refractivity contribution < 1.29 is 9.59 Å². The maximum atomic E-state index is 12.9. The first-order valence-electron chi connectivity index (χ1n) is 11.7. The molecule has 0 spiro atoms. The van der Waals surface area contributed by atoms with Crippen LogP contribution in [0, 0.1) is 5.92 Å². The summed E-state index contributed by atoms with van der Waals surface area (Å²) in [7, 11) is 2.10. The molecule has 0 radical (unpaired) electrons. The normalized spacial score (nSPS) is 18.1. The molecule has 0 unspecified atom stereocenters. The van der Waals surface area contributed by atoms with Gasteiger partial charge in [0.2, 0.25) is 11.8 Å². The number of likely N-dealkylation sites (N-methyl/N-ethyl adjacent to an activating group) is 1. The van der Waals surface area contributed by atoms with Crippen molar-refractivity contribution in [3.05, 3.63) is 30.2 Å². The van der Waals surface area contributed by atoms with Gasteiger partial charge >= 0.3 is 0 Å². The molecule has 0 N–H and O–H groups in total. The van der Waals surface area contributed by atoms with Gasteiger partial charge in [0.25, 0.3) is 0 Å². The maximum absolute atomic E-state index is 12.9. The van der Waals surface area contributed by atoms with E-state index in [1.807, 2.05) is 40.5 Å². The first kappa shape index (κ1) is 23.3. The molecule has 2 aromatic rings. The summed E-state index contributed by atoms with van der Waals surface area (Å²) in [4.78, 5) is 36.1. The fourth-order valence-corrected chi connectivity index (χ4v) is 4.53. The number of nitrogens with zero attached hydrogens (tertiary/aromatic N) is 5. The van der Waals surface area contributed by atoms with E-state index in [2.05, 4.69) is 30.1 Å². The Kier molecular flexibility index (Phi) is 8.07. The second kappa shape index (κ2) is 10.8. The van der Waals surface area contributed by atoms with Gasteiger partial charge in [-0.3, -0.25) is 14.6 Å². The summed E-state index contributed by atoms with van der Waals surface area (Å²) in [5.74, 6) is 0.473. The van der Waals surface area contributed by atoms with Crippen molar-refractivity contribution >= 4 is 22.7 Å². The van der Waals surface area contributed by atoms with E-state index < -0.39 is 0 Å². The lowest BCUT2D eigenvalue weighted by atomic mass is 9.95. The number of amides is 2. The molecule has 0 aliphatic carbocycles. The lowest BCUT2D eigenvalue weighted by Crippen LogP contribution is -2.51. The summed E-state index contributed by atoms with van der Waals surface area (Å²) in [6, 6.07) is 1.97. The third-order valence-corrected chi connectivity index (χ3v) is 6.46. The number of aryl methyl sites for hydroxylation is 1. The molecule has 2 amide bonds. The predicted octanol–water partition coefficient (Wildman–Crippen LogP) is 2.64. The minimum atomic E-state index is 0.0626. The Labute approximate surface area is 186 Å². The van der Waals surface area contributed by atoms with E-state index in [9.17, 15) is 9.59 Å². The molecule has 7 nitrogen and oxygen atoms in total. The van der Waals surface area contributed by atoms with Crippen LogP contribution in [0.4, 0.5) is 0 Å². The van der Waals surface area contributed by atoms with E-state index in [0.29, 0.717) is 19.6 Å². The van der Waals surface area contributed by atoms with Crippen molar-refractivity contribution in [1.82, 2.24) is 24.3 Å². The molecule has 0 atom stereocenters. The number of likely N-dealkylation sites (tertiary alicyclic amines) is 1. The van der Waals surface area contributed by atoms with Crippen molar-refractivity contribution in [3.63, 3.8) is 0 Å². The zero-order chi connectivity index (χ0) is 22.4. The summed E-state index contributed by atoms with van der Waals surface area (Å²) in [6.45, 7) is 11.3. The average molecular weight is 428 g/mol. The molecule has 0 aromatic carbocycles. The molecule has 4 rings (SSSR count). The number of piperidine rings is 1. The van der Waals surface area contributed by atoms with Gasteiger partial charge in [-0.05, 0) is 37.9 Å².